The summed E-state index contributed by atoms with van der Waals surface area (Å²) in [5.74, 6) is 0.473. The fourth-order valence-corrected chi connectivity index (χ4v) is 2.11. The van der Waals surface area contributed by atoms with Gasteiger partial charge in [-0.25, -0.2) is 9.99 Å². The molecule has 2 aromatic rings. The lowest BCUT2D eigenvalue weighted by atomic mass is 10.3. The average Bonchev–Trinajstić information content (AvgIpc) is 2.91. The number of fused-ring (bicyclic) bond motifs is 1. The Morgan fingerprint density at radius 1 is 1.50 bits per heavy atom. The van der Waals surface area contributed by atoms with Gasteiger partial charge in [0, 0.05) is 17.8 Å². The number of nitrogens with one attached hydrogen (secondary N) is 1. The molecule has 1 aromatic heterocycles. The molecule has 0 saturated heterocycles. The molecular weight excluding hydrogens is 262 g/mol. The van der Waals surface area contributed by atoms with Crippen LogP contribution in [-0.4, -0.2) is 31.5 Å². The smallest absolute Gasteiger partial charge is 0.271 e. The van der Waals surface area contributed by atoms with Gasteiger partial charge in [-0.2, -0.15) is 5.10 Å². The van der Waals surface area contributed by atoms with Gasteiger partial charge in [-0.3, -0.25) is 14.9 Å². The predicted molar refractivity (Wildman–Crippen MR) is 71.0 cm³/mol. The van der Waals surface area contributed by atoms with Crippen molar-refractivity contribution in [3.05, 3.63) is 34.1 Å². The molecule has 0 atom stereocenters. The number of nitro benzene ring substituents is 1. The van der Waals surface area contributed by atoms with Crippen LogP contribution in [0, 0.1) is 10.1 Å². The van der Waals surface area contributed by atoms with Gasteiger partial charge in [0.25, 0.3) is 5.69 Å². The third-order valence-corrected chi connectivity index (χ3v) is 3.01. The fourth-order valence-electron chi connectivity index (χ4n) is 2.11. The number of hydrazone groups is 1. The van der Waals surface area contributed by atoms with E-state index in [-0.39, 0.29) is 18.1 Å². The zero-order chi connectivity index (χ0) is 14.3. The number of amides is 1. The lowest BCUT2D eigenvalue weighted by molar-refractivity contribution is -0.384. The van der Waals surface area contributed by atoms with E-state index in [2.05, 4.69) is 15.1 Å². The summed E-state index contributed by atoms with van der Waals surface area (Å²) in [5, 5.41) is 16.2. The van der Waals surface area contributed by atoms with Crippen LogP contribution in [0.4, 0.5) is 5.69 Å². The molecule has 0 bridgehead atoms. The second-order valence-corrected chi connectivity index (χ2v) is 4.61. The molecular formula is C12H11N5O3. The van der Waals surface area contributed by atoms with Crippen LogP contribution in [-0.2, 0) is 11.3 Å². The Balaban J connectivity index is 1.89. The summed E-state index contributed by atoms with van der Waals surface area (Å²) < 4.78 is 0. The largest absolute Gasteiger partial charge is 0.340 e. The van der Waals surface area contributed by atoms with Gasteiger partial charge in [0.15, 0.2) is 0 Å². The molecule has 0 unspecified atom stereocenters. The van der Waals surface area contributed by atoms with E-state index in [9.17, 15) is 14.9 Å². The highest BCUT2D eigenvalue weighted by atomic mass is 16.6. The first-order valence-corrected chi connectivity index (χ1v) is 6.00. The van der Waals surface area contributed by atoms with Gasteiger partial charge in [-0.15, -0.1) is 0 Å². The lowest BCUT2D eigenvalue weighted by Crippen LogP contribution is -2.20. The molecule has 1 amide bonds. The van der Waals surface area contributed by atoms with Crippen molar-refractivity contribution in [1.82, 2.24) is 15.0 Å². The number of benzene rings is 1. The van der Waals surface area contributed by atoms with Crippen molar-refractivity contribution in [2.24, 2.45) is 5.10 Å². The summed E-state index contributed by atoms with van der Waals surface area (Å²) in [5.41, 5.74) is 1.96. The summed E-state index contributed by atoms with van der Waals surface area (Å²) in [6, 6.07) is 4.40. The second-order valence-electron chi connectivity index (χ2n) is 4.61. The van der Waals surface area contributed by atoms with Crippen LogP contribution in [0.5, 0.6) is 0 Å². The second kappa shape index (κ2) is 4.41. The summed E-state index contributed by atoms with van der Waals surface area (Å²) in [4.78, 5) is 29.1. The Morgan fingerprint density at radius 2 is 2.30 bits per heavy atom. The molecule has 0 spiro atoms. The Bertz CT molecular complexity index is 749. The molecule has 0 fully saturated rings. The van der Waals surface area contributed by atoms with Crippen molar-refractivity contribution < 1.29 is 9.72 Å². The molecule has 1 aliphatic rings. The maximum absolute atomic E-state index is 11.6. The highest BCUT2D eigenvalue weighted by Crippen LogP contribution is 2.20. The molecule has 20 heavy (non-hydrogen) atoms. The lowest BCUT2D eigenvalue weighted by Gasteiger charge is -2.08. The highest BCUT2D eigenvalue weighted by Gasteiger charge is 2.22. The van der Waals surface area contributed by atoms with Gasteiger partial charge >= 0.3 is 0 Å². The first-order chi connectivity index (χ1) is 9.52. The Morgan fingerprint density at radius 3 is 2.95 bits per heavy atom. The van der Waals surface area contributed by atoms with Crippen molar-refractivity contribution in [3.8, 4) is 0 Å². The third-order valence-electron chi connectivity index (χ3n) is 3.01. The molecule has 102 valence electrons. The number of aromatic nitrogens is 2. The number of hydrogen-bond donors (Lipinski definition) is 1. The number of H-pyrrole nitrogens is 1. The molecule has 1 aromatic carbocycles. The van der Waals surface area contributed by atoms with E-state index in [0.29, 0.717) is 23.3 Å². The van der Waals surface area contributed by atoms with Gasteiger partial charge in [0.2, 0.25) is 5.91 Å². The van der Waals surface area contributed by atoms with E-state index in [1.807, 2.05) is 0 Å². The van der Waals surface area contributed by atoms with Gasteiger partial charge in [0.05, 0.1) is 22.4 Å². The molecule has 0 radical (unpaired) electrons. The van der Waals surface area contributed by atoms with Crippen molar-refractivity contribution in [2.45, 2.75) is 19.9 Å². The number of imidazole rings is 1. The predicted octanol–water partition coefficient (Wildman–Crippen LogP) is 1.58. The van der Waals surface area contributed by atoms with Crippen LogP contribution in [0.3, 0.4) is 0 Å². The molecule has 2 heterocycles. The Kier molecular flexibility index (Phi) is 2.70. The van der Waals surface area contributed by atoms with Crippen LogP contribution in [0.15, 0.2) is 23.3 Å². The molecule has 8 nitrogen and oxygen atoms in total. The minimum Gasteiger partial charge on any atom is -0.340 e. The van der Waals surface area contributed by atoms with E-state index in [1.54, 1.807) is 13.0 Å². The first-order valence-electron chi connectivity index (χ1n) is 6.00. The topological polar surface area (TPSA) is 104 Å². The third kappa shape index (κ3) is 2.11. The molecule has 8 heteroatoms. The summed E-state index contributed by atoms with van der Waals surface area (Å²) >= 11 is 0. The fraction of sp³-hybridized carbons (Fsp3) is 0.250. The summed E-state index contributed by atoms with van der Waals surface area (Å²) in [7, 11) is 0. The molecule has 3 rings (SSSR count). The van der Waals surface area contributed by atoms with Crippen LogP contribution >= 0.6 is 0 Å². The number of carbonyl (C=O) groups is 1. The standard InChI is InChI=1S/C12H11N5O3/c1-7-4-12(18)16(15-7)6-11-13-9-3-2-8(17(19)20)5-10(9)14-11/h2-3,5H,4,6H2,1H3,(H,13,14). The highest BCUT2D eigenvalue weighted by molar-refractivity contribution is 6.03. The minimum atomic E-state index is -0.461. The van der Waals surface area contributed by atoms with Gasteiger partial charge < -0.3 is 4.98 Å². The number of rotatable bonds is 3. The van der Waals surface area contributed by atoms with Gasteiger partial charge in [-0.1, -0.05) is 0 Å². The monoisotopic (exact) mass is 273 g/mol. The van der Waals surface area contributed by atoms with E-state index in [4.69, 9.17) is 0 Å². The van der Waals surface area contributed by atoms with E-state index >= 15 is 0 Å². The number of hydrogen-bond acceptors (Lipinski definition) is 5. The SMILES string of the molecule is CC1=NN(Cc2nc3ccc([N+](=O)[O-])cc3[nH]2)C(=O)C1. The van der Waals surface area contributed by atoms with Crippen molar-refractivity contribution in [2.75, 3.05) is 0 Å². The Hall–Kier alpha value is -2.77. The van der Waals surface area contributed by atoms with Crippen LogP contribution in [0.1, 0.15) is 19.2 Å². The van der Waals surface area contributed by atoms with Crippen molar-refractivity contribution >= 4 is 28.3 Å². The van der Waals surface area contributed by atoms with Crippen molar-refractivity contribution in [3.63, 3.8) is 0 Å². The molecule has 1 aliphatic heterocycles. The van der Waals surface area contributed by atoms with E-state index in [0.717, 1.165) is 5.71 Å². The zero-order valence-electron chi connectivity index (χ0n) is 10.7. The average molecular weight is 273 g/mol. The number of carbonyl (C=O) groups excluding carboxylic acids is 1. The Labute approximate surface area is 113 Å². The number of aromatic amines is 1. The minimum absolute atomic E-state index is 0.00110. The van der Waals surface area contributed by atoms with E-state index in [1.165, 1.54) is 17.1 Å². The molecule has 1 N–H and O–H groups in total. The number of non-ortho nitro benzene ring substituents is 1. The van der Waals surface area contributed by atoms with Crippen LogP contribution in [0.25, 0.3) is 11.0 Å². The van der Waals surface area contributed by atoms with Gasteiger partial charge in [-0.05, 0) is 13.0 Å². The zero-order valence-corrected chi connectivity index (χ0v) is 10.7. The molecule has 0 saturated carbocycles. The first kappa shape index (κ1) is 12.3. The number of nitrogens with zero attached hydrogens (tertiary/aromatic N) is 4. The quantitative estimate of drug-likeness (QED) is 0.677. The van der Waals surface area contributed by atoms with Gasteiger partial charge in [0.1, 0.15) is 12.4 Å². The van der Waals surface area contributed by atoms with Crippen LogP contribution < -0.4 is 0 Å². The van der Waals surface area contributed by atoms with Crippen LogP contribution in [0.2, 0.25) is 0 Å². The normalized spacial score (nSPS) is 14.9. The van der Waals surface area contributed by atoms with E-state index < -0.39 is 4.92 Å². The molecule has 0 aliphatic carbocycles. The summed E-state index contributed by atoms with van der Waals surface area (Å²) in [6.07, 6.45) is 0.325. The summed E-state index contributed by atoms with van der Waals surface area (Å²) in [6.45, 7) is 2.03. The maximum atomic E-state index is 11.6. The van der Waals surface area contributed by atoms with Crippen molar-refractivity contribution in [1.29, 1.82) is 0 Å². The number of nitro groups is 1. The maximum Gasteiger partial charge on any atom is 0.271 e.